The number of nitro benzene ring substituents is 1. The summed E-state index contributed by atoms with van der Waals surface area (Å²) in [5, 5.41) is 14.0. The standard InChI is InChI=1S/C13H19N3O2S/c1-10-9-19-6-5-15(10)8-11-7-12(16(17)18)3-4-13(11)14-2/h3-4,7,10,14H,5-6,8-9H2,1-2H3. The molecular weight excluding hydrogens is 262 g/mol. The van der Waals surface area contributed by atoms with E-state index in [-0.39, 0.29) is 10.6 Å². The van der Waals surface area contributed by atoms with Crippen molar-refractivity contribution < 1.29 is 4.92 Å². The van der Waals surface area contributed by atoms with Gasteiger partial charge in [-0.05, 0) is 18.6 Å². The highest BCUT2D eigenvalue weighted by Crippen LogP contribution is 2.25. The van der Waals surface area contributed by atoms with E-state index in [1.165, 1.54) is 0 Å². The highest BCUT2D eigenvalue weighted by Gasteiger charge is 2.20. The second kappa shape index (κ2) is 6.25. The summed E-state index contributed by atoms with van der Waals surface area (Å²) in [6.45, 7) is 4.01. The van der Waals surface area contributed by atoms with Crippen molar-refractivity contribution in [3.05, 3.63) is 33.9 Å². The largest absolute Gasteiger partial charge is 0.388 e. The van der Waals surface area contributed by atoms with Crippen molar-refractivity contribution in [1.29, 1.82) is 0 Å². The second-order valence-corrected chi connectivity index (χ2v) is 5.89. The van der Waals surface area contributed by atoms with Crippen LogP contribution < -0.4 is 5.32 Å². The molecule has 0 saturated carbocycles. The fourth-order valence-corrected chi connectivity index (χ4v) is 3.37. The molecule has 0 bridgehead atoms. The Labute approximate surface area is 117 Å². The van der Waals surface area contributed by atoms with Crippen molar-refractivity contribution in [2.24, 2.45) is 0 Å². The van der Waals surface area contributed by atoms with E-state index in [1.54, 1.807) is 18.2 Å². The van der Waals surface area contributed by atoms with E-state index >= 15 is 0 Å². The fourth-order valence-electron chi connectivity index (χ4n) is 2.28. The number of hydrogen-bond donors (Lipinski definition) is 1. The Kier molecular flexibility index (Phi) is 4.66. The first kappa shape index (κ1) is 14.1. The van der Waals surface area contributed by atoms with Crippen LogP contribution in [0.5, 0.6) is 0 Å². The van der Waals surface area contributed by atoms with Crippen LogP contribution in [-0.2, 0) is 6.54 Å². The number of rotatable bonds is 4. The smallest absolute Gasteiger partial charge is 0.269 e. The Bertz CT molecular complexity index is 467. The van der Waals surface area contributed by atoms with E-state index in [0.717, 1.165) is 35.8 Å². The lowest BCUT2D eigenvalue weighted by molar-refractivity contribution is -0.384. The van der Waals surface area contributed by atoms with Crippen LogP contribution in [0.4, 0.5) is 11.4 Å². The molecule has 1 aliphatic heterocycles. The Balaban J connectivity index is 2.21. The number of benzene rings is 1. The summed E-state index contributed by atoms with van der Waals surface area (Å²) in [7, 11) is 1.85. The zero-order valence-corrected chi connectivity index (χ0v) is 12.1. The molecule has 0 aliphatic carbocycles. The third-order valence-electron chi connectivity index (χ3n) is 3.45. The van der Waals surface area contributed by atoms with Crippen molar-refractivity contribution in [2.75, 3.05) is 30.4 Å². The van der Waals surface area contributed by atoms with Crippen LogP contribution in [0.25, 0.3) is 0 Å². The van der Waals surface area contributed by atoms with Gasteiger partial charge in [0.25, 0.3) is 5.69 Å². The van der Waals surface area contributed by atoms with Crippen LogP contribution in [-0.4, -0.2) is 41.0 Å². The molecule has 2 rings (SSSR count). The zero-order chi connectivity index (χ0) is 13.8. The molecule has 0 spiro atoms. The quantitative estimate of drug-likeness (QED) is 0.679. The van der Waals surface area contributed by atoms with E-state index in [0.29, 0.717) is 6.04 Å². The lowest BCUT2D eigenvalue weighted by Gasteiger charge is -2.33. The third kappa shape index (κ3) is 3.39. The molecule has 1 saturated heterocycles. The highest BCUT2D eigenvalue weighted by molar-refractivity contribution is 7.99. The van der Waals surface area contributed by atoms with E-state index in [2.05, 4.69) is 17.1 Å². The molecule has 0 radical (unpaired) electrons. The minimum Gasteiger partial charge on any atom is -0.388 e. The number of nitrogens with zero attached hydrogens (tertiary/aromatic N) is 2. The summed E-state index contributed by atoms with van der Waals surface area (Å²) in [5.74, 6) is 2.26. The molecule has 1 aromatic rings. The molecule has 19 heavy (non-hydrogen) atoms. The summed E-state index contributed by atoms with van der Waals surface area (Å²) < 4.78 is 0. The van der Waals surface area contributed by atoms with Crippen molar-refractivity contribution in [2.45, 2.75) is 19.5 Å². The molecule has 104 valence electrons. The van der Waals surface area contributed by atoms with E-state index in [9.17, 15) is 10.1 Å². The predicted molar refractivity (Wildman–Crippen MR) is 79.8 cm³/mol. The zero-order valence-electron chi connectivity index (χ0n) is 11.3. The number of nitrogens with one attached hydrogen (secondary N) is 1. The van der Waals surface area contributed by atoms with Gasteiger partial charge in [-0.25, -0.2) is 0 Å². The monoisotopic (exact) mass is 281 g/mol. The highest BCUT2D eigenvalue weighted by atomic mass is 32.2. The molecule has 1 N–H and O–H groups in total. The third-order valence-corrected chi connectivity index (χ3v) is 4.64. The lowest BCUT2D eigenvalue weighted by atomic mass is 10.1. The average molecular weight is 281 g/mol. The first-order valence-corrected chi connectivity index (χ1v) is 7.54. The van der Waals surface area contributed by atoms with E-state index in [1.807, 2.05) is 18.8 Å². The van der Waals surface area contributed by atoms with Gasteiger partial charge in [-0.2, -0.15) is 11.8 Å². The molecule has 1 atom stereocenters. The van der Waals surface area contributed by atoms with Crippen LogP contribution in [0.2, 0.25) is 0 Å². The van der Waals surface area contributed by atoms with E-state index in [4.69, 9.17) is 0 Å². The normalized spacial score (nSPS) is 20.2. The Morgan fingerprint density at radius 3 is 3.00 bits per heavy atom. The topological polar surface area (TPSA) is 58.4 Å². The first-order valence-electron chi connectivity index (χ1n) is 6.38. The van der Waals surface area contributed by atoms with Crippen LogP contribution in [0, 0.1) is 10.1 Å². The van der Waals surface area contributed by atoms with Crippen LogP contribution >= 0.6 is 11.8 Å². The van der Waals surface area contributed by atoms with Crippen LogP contribution in [0.3, 0.4) is 0 Å². The van der Waals surface area contributed by atoms with Gasteiger partial charge in [0.05, 0.1) is 4.92 Å². The molecule has 1 heterocycles. The van der Waals surface area contributed by atoms with Crippen LogP contribution in [0.15, 0.2) is 18.2 Å². The summed E-state index contributed by atoms with van der Waals surface area (Å²) in [5.41, 5.74) is 2.12. The maximum atomic E-state index is 10.9. The van der Waals surface area contributed by atoms with Gasteiger partial charge in [0.2, 0.25) is 0 Å². The molecule has 6 heteroatoms. The molecule has 1 aromatic carbocycles. The van der Waals surface area contributed by atoms with Gasteiger partial charge in [-0.1, -0.05) is 0 Å². The predicted octanol–water partition coefficient (Wildman–Crippen LogP) is 2.57. The van der Waals surface area contributed by atoms with Gasteiger partial charge in [0.1, 0.15) is 0 Å². The first-order chi connectivity index (χ1) is 9.11. The molecule has 1 aliphatic rings. The Morgan fingerprint density at radius 1 is 1.58 bits per heavy atom. The lowest BCUT2D eigenvalue weighted by Crippen LogP contribution is -2.39. The molecule has 1 unspecified atom stereocenters. The number of hydrogen-bond acceptors (Lipinski definition) is 5. The summed E-state index contributed by atoms with van der Waals surface area (Å²) >= 11 is 1.97. The van der Waals surface area contributed by atoms with Crippen molar-refractivity contribution in [3.63, 3.8) is 0 Å². The molecule has 1 fully saturated rings. The SMILES string of the molecule is CNc1ccc([N+](=O)[O-])cc1CN1CCSCC1C. The number of anilines is 1. The van der Waals surface area contributed by atoms with Gasteiger partial charge in [-0.15, -0.1) is 0 Å². The minimum atomic E-state index is -0.335. The summed E-state index contributed by atoms with van der Waals surface area (Å²) in [6.07, 6.45) is 0. The summed E-state index contributed by atoms with van der Waals surface area (Å²) in [4.78, 5) is 12.9. The van der Waals surface area contributed by atoms with E-state index < -0.39 is 0 Å². The maximum absolute atomic E-state index is 10.9. The Hall–Kier alpha value is -1.27. The van der Waals surface area contributed by atoms with Crippen LogP contribution in [0.1, 0.15) is 12.5 Å². The summed E-state index contributed by atoms with van der Waals surface area (Å²) in [6, 6.07) is 5.53. The number of thioether (sulfide) groups is 1. The molecular formula is C13H19N3O2S. The van der Waals surface area contributed by atoms with Crippen molar-refractivity contribution >= 4 is 23.1 Å². The molecule has 5 nitrogen and oxygen atoms in total. The second-order valence-electron chi connectivity index (χ2n) is 4.74. The molecule has 0 aromatic heterocycles. The van der Waals surface area contributed by atoms with Crippen molar-refractivity contribution in [1.82, 2.24) is 4.90 Å². The van der Waals surface area contributed by atoms with Gasteiger partial charge < -0.3 is 5.32 Å². The average Bonchev–Trinajstić information content (AvgIpc) is 2.41. The maximum Gasteiger partial charge on any atom is 0.269 e. The molecule has 0 amide bonds. The van der Waals surface area contributed by atoms with Gasteiger partial charge >= 0.3 is 0 Å². The van der Waals surface area contributed by atoms with Gasteiger partial charge in [0.15, 0.2) is 0 Å². The minimum absolute atomic E-state index is 0.160. The van der Waals surface area contributed by atoms with Gasteiger partial charge in [-0.3, -0.25) is 15.0 Å². The van der Waals surface area contributed by atoms with Crippen molar-refractivity contribution in [3.8, 4) is 0 Å². The number of non-ortho nitro benzene ring substituents is 1. The fraction of sp³-hybridized carbons (Fsp3) is 0.538. The Morgan fingerprint density at radius 2 is 2.37 bits per heavy atom. The van der Waals surface area contributed by atoms with Gasteiger partial charge in [0, 0.05) is 55.5 Å². The number of nitro groups is 1.